The zero-order valence-corrected chi connectivity index (χ0v) is 15.5. The van der Waals surface area contributed by atoms with Gasteiger partial charge in [-0.3, -0.25) is 14.9 Å². The minimum atomic E-state index is -4.24. The number of carboxylic acids is 1. The first-order valence-electron chi connectivity index (χ1n) is 8.42. The first kappa shape index (κ1) is 24.1. The van der Waals surface area contributed by atoms with Crippen molar-refractivity contribution in [2.24, 2.45) is 11.1 Å². The summed E-state index contributed by atoms with van der Waals surface area (Å²) in [6.45, 7) is 1.05. The van der Waals surface area contributed by atoms with Gasteiger partial charge < -0.3 is 20.3 Å². The number of carbonyl (C=O) groups excluding carboxylic acids is 1. The molecule has 1 aliphatic carbocycles. The Morgan fingerprint density at radius 3 is 2.24 bits per heavy atom. The maximum absolute atomic E-state index is 12.4. The molecule has 9 nitrogen and oxygen atoms in total. The number of nitrogens with zero attached hydrogens (tertiary/aromatic N) is 1. The molecule has 0 radical (unpaired) electrons. The van der Waals surface area contributed by atoms with Crippen molar-refractivity contribution in [3.63, 3.8) is 0 Å². The van der Waals surface area contributed by atoms with Gasteiger partial charge in [-0.15, -0.1) is 0 Å². The number of carbonyl (C=O) groups is 2. The fraction of sp³-hybridized carbons (Fsp3) is 0.529. The quantitative estimate of drug-likeness (QED) is 0.483. The van der Waals surface area contributed by atoms with E-state index in [9.17, 15) is 32.9 Å². The lowest BCUT2D eigenvalue weighted by atomic mass is 10.1. The van der Waals surface area contributed by atoms with Crippen molar-refractivity contribution >= 4 is 17.7 Å². The van der Waals surface area contributed by atoms with E-state index in [0.29, 0.717) is 5.56 Å². The van der Waals surface area contributed by atoms with Crippen molar-refractivity contribution in [1.82, 2.24) is 0 Å². The van der Waals surface area contributed by atoms with E-state index in [1.165, 1.54) is 31.2 Å². The largest absolute Gasteiger partial charge is 0.481 e. The minimum absolute atomic E-state index is 0.00664. The van der Waals surface area contributed by atoms with Crippen LogP contribution in [0.25, 0.3) is 0 Å². The van der Waals surface area contributed by atoms with E-state index in [0.717, 1.165) is 0 Å². The van der Waals surface area contributed by atoms with Crippen LogP contribution in [0.1, 0.15) is 31.7 Å². The highest BCUT2D eigenvalue weighted by molar-refractivity contribution is 5.67. The molecule has 0 saturated heterocycles. The van der Waals surface area contributed by atoms with Gasteiger partial charge in [0.25, 0.3) is 5.69 Å². The molecule has 162 valence electrons. The summed E-state index contributed by atoms with van der Waals surface area (Å²) >= 11 is 0. The predicted molar refractivity (Wildman–Crippen MR) is 92.9 cm³/mol. The number of non-ortho nitro benzene ring substituents is 1. The Morgan fingerprint density at radius 2 is 1.86 bits per heavy atom. The normalized spacial score (nSPS) is 15.4. The van der Waals surface area contributed by atoms with Crippen LogP contribution < -0.4 is 5.73 Å². The average Bonchev–Trinajstić information content (AvgIpc) is 3.40. The number of hydrogen-bond acceptors (Lipinski definition) is 6. The fourth-order valence-corrected chi connectivity index (χ4v) is 2.14. The Balaban J connectivity index is 0.000000291. The van der Waals surface area contributed by atoms with Gasteiger partial charge in [0.15, 0.2) is 0 Å². The standard InChI is InChI=1S/C9H13F3O3.C8H8N2O4/c1-6(4-7(13)14)15-5-8(2-3-8)9(10,11)12;9-8(11)14-5-6-1-3-7(4-2-6)10(12)13/h6H,2-5H2,1H3,(H,13,14);1-4H,5H2,(H2,9,11). The zero-order chi connectivity index (χ0) is 22.2. The third-order valence-corrected chi connectivity index (χ3v) is 4.09. The number of primary amides is 1. The highest BCUT2D eigenvalue weighted by Gasteiger charge is 2.63. The van der Waals surface area contributed by atoms with Gasteiger partial charge in [0.1, 0.15) is 6.61 Å². The second-order valence-electron chi connectivity index (χ2n) is 6.53. The molecule has 1 atom stereocenters. The number of rotatable bonds is 8. The Labute approximate surface area is 163 Å². The van der Waals surface area contributed by atoms with Crippen LogP contribution in [0.5, 0.6) is 0 Å². The van der Waals surface area contributed by atoms with Gasteiger partial charge in [-0.25, -0.2) is 4.79 Å². The summed E-state index contributed by atoms with van der Waals surface area (Å²) in [6.07, 6.45) is -5.90. The Kier molecular flexibility index (Phi) is 8.37. The number of nitro groups is 1. The van der Waals surface area contributed by atoms with Crippen LogP contribution in [0, 0.1) is 15.5 Å². The van der Waals surface area contributed by atoms with Crippen molar-refractivity contribution in [3.8, 4) is 0 Å². The number of amides is 1. The molecule has 1 unspecified atom stereocenters. The summed E-state index contributed by atoms with van der Waals surface area (Å²) in [5, 5.41) is 18.7. The number of nitro benzene ring substituents is 1. The third kappa shape index (κ3) is 8.34. The molecule has 29 heavy (non-hydrogen) atoms. The summed E-state index contributed by atoms with van der Waals surface area (Å²) in [7, 11) is 0. The molecular weight excluding hydrogens is 401 g/mol. The Morgan fingerprint density at radius 1 is 1.31 bits per heavy atom. The molecule has 1 aliphatic rings. The van der Waals surface area contributed by atoms with Crippen LogP contribution in [0.2, 0.25) is 0 Å². The first-order valence-corrected chi connectivity index (χ1v) is 8.42. The van der Waals surface area contributed by atoms with Gasteiger partial charge in [-0.1, -0.05) is 0 Å². The van der Waals surface area contributed by atoms with E-state index < -0.39 is 41.3 Å². The van der Waals surface area contributed by atoms with E-state index in [1.807, 2.05) is 0 Å². The maximum Gasteiger partial charge on any atom is 0.404 e. The number of halogens is 3. The fourth-order valence-electron chi connectivity index (χ4n) is 2.14. The minimum Gasteiger partial charge on any atom is -0.481 e. The molecule has 0 aliphatic heterocycles. The van der Waals surface area contributed by atoms with Gasteiger partial charge in [-0.05, 0) is 37.5 Å². The molecule has 1 aromatic rings. The number of alkyl halides is 3. The molecule has 3 N–H and O–H groups in total. The van der Waals surface area contributed by atoms with Crippen molar-refractivity contribution in [1.29, 1.82) is 0 Å². The summed E-state index contributed by atoms with van der Waals surface area (Å²) in [5.74, 6) is -1.07. The van der Waals surface area contributed by atoms with Gasteiger partial charge in [0.05, 0.1) is 29.5 Å². The van der Waals surface area contributed by atoms with Crippen LogP contribution in [-0.4, -0.2) is 41.0 Å². The summed E-state index contributed by atoms with van der Waals surface area (Å²) in [6, 6.07) is 5.67. The van der Waals surface area contributed by atoms with E-state index in [1.54, 1.807) is 0 Å². The monoisotopic (exact) mass is 422 g/mol. The molecule has 0 bridgehead atoms. The van der Waals surface area contributed by atoms with Gasteiger partial charge in [0.2, 0.25) is 0 Å². The highest BCUT2D eigenvalue weighted by Crippen LogP contribution is 2.57. The van der Waals surface area contributed by atoms with Crippen LogP contribution in [0.4, 0.5) is 23.7 Å². The van der Waals surface area contributed by atoms with Gasteiger partial charge in [0, 0.05) is 12.1 Å². The van der Waals surface area contributed by atoms with E-state index in [2.05, 4.69) is 4.74 Å². The highest BCUT2D eigenvalue weighted by atomic mass is 19.4. The van der Waals surface area contributed by atoms with Crippen LogP contribution in [-0.2, 0) is 20.9 Å². The van der Waals surface area contributed by atoms with Gasteiger partial charge in [-0.2, -0.15) is 13.2 Å². The lowest BCUT2D eigenvalue weighted by molar-refractivity contribution is -0.384. The second kappa shape index (κ2) is 10.0. The summed E-state index contributed by atoms with van der Waals surface area (Å²) < 4.78 is 46.6. The van der Waals surface area contributed by atoms with Crippen molar-refractivity contribution < 1.29 is 42.3 Å². The molecular formula is C17H21F3N2O7. The topological polar surface area (TPSA) is 142 Å². The molecule has 1 amide bonds. The number of ether oxygens (including phenoxy) is 2. The molecule has 0 heterocycles. The van der Waals surface area contributed by atoms with Crippen LogP contribution in [0.3, 0.4) is 0 Å². The van der Waals surface area contributed by atoms with Crippen molar-refractivity contribution in [3.05, 3.63) is 39.9 Å². The smallest absolute Gasteiger partial charge is 0.404 e. The summed E-state index contributed by atoms with van der Waals surface area (Å²) in [5.41, 5.74) is 3.68. The van der Waals surface area contributed by atoms with Gasteiger partial charge >= 0.3 is 18.2 Å². The lowest BCUT2D eigenvalue weighted by Crippen LogP contribution is -2.31. The van der Waals surface area contributed by atoms with Crippen molar-refractivity contribution in [2.45, 2.75) is 45.1 Å². The molecule has 12 heteroatoms. The molecule has 0 aromatic heterocycles. The summed E-state index contributed by atoms with van der Waals surface area (Å²) in [4.78, 5) is 30.3. The number of benzene rings is 1. The van der Waals surface area contributed by atoms with Crippen LogP contribution >= 0.6 is 0 Å². The lowest BCUT2D eigenvalue weighted by Gasteiger charge is -2.21. The number of carboxylic acid groups (broad SMARTS) is 1. The maximum atomic E-state index is 12.4. The second-order valence-corrected chi connectivity index (χ2v) is 6.53. The SMILES string of the molecule is CC(CC(=O)O)OCC1(C(F)(F)F)CC1.NC(=O)OCc1ccc([N+](=O)[O-])cc1. The number of aliphatic carboxylic acids is 1. The van der Waals surface area contributed by atoms with Crippen LogP contribution in [0.15, 0.2) is 24.3 Å². The molecule has 1 fully saturated rings. The Bertz CT molecular complexity index is 719. The Hall–Kier alpha value is -2.89. The molecule has 2 rings (SSSR count). The third-order valence-electron chi connectivity index (χ3n) is 4.09. The molecule has 1 saturated carbocycles. The molecule has 0 spiro atoms. The first-order chi connectivity index (χ1) is 13.4. The number of nitrogens with two attached hydrogens (primary N) is 1. The zero-order valence-electron chi connectivity index (χ0n) is 15.5. The van der Waals surface area contributed by atoms with E-state index in [-0.39, 0.29) is 31.6 Å². The predicted octanol–water partition coefficient (Wildman–Crippen LogP) is 3.40. The van der Waals surface area contributed by atoms with E-state index in [4.69, 9.17) is 15.6 Å². The average molecular weight is 422 g/mol. The van der Waals surface area contributed by atoms with Crippen molar-refractivity contribution in [2.75, 3.05) is 6.61 Å². The number of hydrogen-bond donors (Lipinski definition) is 2. The van der Waals surface area contributed by atoms with E-state index >= 15 is 0 Å². The molecule has 1 aromatic carbocycles.